The van der Waals surface area contributed by atoms with Crippen molar-refractivity contribution < 1.29 is 54.3 Å². The molecule has 0 heterocycles. The van der Waals surface area contributed by atoms with Crippen LogP contribution in [0.2, 0.25) is 0 Å². The fourth-order valence-corrected chi connectivity index (χ4v) is 5.18. The van der Waals surface area contributed by atoms with E-state index in [-0.39, 0.29) is 45.1 Å². The van der Waals surface area contributed by atoms with Crippen molar-refractivity contribution in [3.05, 3.63) is 71.8 Å². The van der Waals surface area contributed by atoms with E-state index in [0.717, 1.165) is 20.9 Å². The lowest BCUT2D eigenvalue weighted by Gasteiger charge is -2.32. The van der Waals surface area contributed by atoms with Gasteiger partial charge in [-0.3, -0.25) is 43.5 Å². The molecule has 0 saturated heterocycles. The van der Waals surface area contributed by atoms with Gasteiger partial charge in [0, 0.05) is 32.7 Å². The third kappa shape index (κ3) is 14.9. The summed E-state index contributed by atoms with van der Waals surface area (Å²) in [5.41, 5.74) is 1.63. The maximum Gasteiger partial charge on any atom is 0.320 e. The highest BCUT2D eigenvalue weighted by Crippen LogP contribution is 2.24. The van der Waals surface area contributed by atoms with E-state index in [9.17, 15) is 54.3 Å². The minimum Gasteiger partial charge on any atom is -0.480 e. The molecule has 2 aromatic carbocycles. The number of rotatable bonds is 24. The van der Waals surface area contributed by atoms with Crippen molar-refractivity contribution in [3.63, 3.8) is 0 Å². The summed E-state index contributed by atoms with van der Waals surface area (Å²) < 4.78 is 0. The van der Waals surface area contributed by atoms with Crippen molar-refractivity contribution in [1.29, 1.82) is 0 Å². The van der Waals surface area contributed by atoms with Crippen molar-refractivity contribution in [3.8, 4) is 0 Å². The molecule has 0 saturated carbocycles. The van der Waals surface area contributed by atoms with Crippen LogP contribution in [-0.4, -0.2) is 141 Å². The fraction of sp³-hybridized carbons (Fsp3) is 0.438. The Morgan fingerprint density at radius 2 is 0.979 bits per heavy atom. The first-order valence-electron chi connectivity index (χ1n) is 15.0. The van der Waals surface area contributed by atoms with Crippen LogP contribution in [-0.2, 0) is 28.8 Å². The van der Waals surface area contributed by atoms with Crippen molar-refractivity contribution in [2.45, 2.75) is 31.2 Å². The van der Waals surface area contributed by atoms with Crippen molar-refractivity contribution in [2.75, 3.05) is 58.9 Å². The Morgan fingerprint density at radius 1 is 0.574 bits per heavy atom. The van der Waals surface area contributed by atoms with Gasteiger partial charge in [0.2, 0.25) is 5.91 Å². The number of carbonyl (C=O) groups is 6. The first kappa shape index (κ1) is 38.3. The summed E-state index contributed by atoms with van der Waals surface area (Å²) in [6.45, 7) is -2.58. The zero-order chi connectivity index (χ0) is 34.8. The SMILES string of the molecule is O=C(O)CN(CCN(CCN(CC(=O)O)CC(=O)O)[C@@H](CCCCNC(=O)C(c1ccccc1)c1ccccc1)C(=O)O)CC(=O)O. The van der Waals surface area contributed by atoms with Gasteiger partial charge in [-0.05, 0) is 30.4 Å². The average Bonchev–Trinajstić information content (AvgIpc) is 2.99. The molecule has 256 valence electrons. The number of nitrogens with zero attached hydrogens (tertiary/aromatic N) is 3. The molecular formula is C32H42N4O11. The van der Waals surface area contributed by atoms with Crippen molar-refractivity contribution >= 4 is 35.8 Å². The highest BCUT2D eigenvalue weighted by molar-refractivity contribution is 5.87. The van der Waals surface area contributed by atoms with Crippen LogP contribution in [0.1, 0.15) is 36.3 Å². The van der Waals surface area contributed by atoms with Gasteiger partial charge >= 0.3 is 29.8 Å². The molecular weight excluding hydrogens is 616 g/mol. The third-order valence-corrected chi connectivity index (χ3v) is 7.30. The maximum absolute atomic E-state index is 13.3. The van der Waals surface area contributed by atoms with Crippen molar-refractivity contribution in [2.24, 2.45) is 0 Å². The van der Waals surface area contributed by atoms with Gasteiger partial charge in [-0.25, -0.2) is 0 Å². The quantitative estimate of drug-likeness (QED) is 0.0859. The predicted octanol–water partition coefficient (Wildman–Crippen LogP) is 0.803. The predicted molar refractivity (Wildman–Crippen MR) is 168 cm³/mol. The van der Waals surface area contributed by atoms with E-state index >= 15 is 0 Å². The zero-order valence-corrected chi connectivity index (χ0v) is 25.9. The molecule has 1 amide bonds. The van der Waals surface area contributed by atoms with Gasteiger partial charge in [0.15, 0.2) is 0 Å². The molecule has 1 atom stereocenters. The van der Waals surface area contributed by atoms with Gasteiger partial charge in [-0.2, -0.15) is 0 Å². The Kier molecular flexibility index (Phi) is 16.6. The molecule has 0 aliphatic carbocycles. The molecule has 47 heavy (non-hydrogen) atoms. The molecule has 2 rings (SSSR count). The average molecular weight is 659 g/mol. The van der Waals surface area contributed by atoms with E-state index < -0.39 is 68.0 Å². The number of unbranched alkanes of at least 4 members (excludes halogenated alkanes) is 1. The van der Waals surface area contributed by atoms with Crippen LogP contribution in [0.4, 0.5) is 0 Å². The molecule has 0 aliphatic rings. The number of hydrogen-bond acceptors (Lipinski definition) is 9. The van der Waals surface area contributed by atoms with Crippen LogP contribution in [0, 0.1) is 0 Å². The number of carboxylic acids is 5. The standard InChI is InChI=1S/C32H42N4O11/c37-26(38)19-34(20-27(39)40)15-17-36(18-16-35(21-28(41)42)22-29(43)44)25(32(46)47)13-7-8-14-33-31(45)30(23-9-3-1-4-10-23)24-11-5-2-6-12-24/h1-6,9-12,25,30H,7-8,13-22H2,(H,33,45)(H,37,38)(H,39,40)(H,41,42)(H,43,44)(H,46,47)/t25-/m0/s1. The number of benzene rings is 2. The molecule has 6 N–H and O–H groups in total. The highest BCUT2D eigenvalue weighted by Gasteiger charge is 2.28. The van der Waals surface area contributed by atoms with E-state index in [2.05, 4.69) is 5.32 Å². The molecule has 2 aromatic rings. The molecule has 0 unspecified atom stereocenters. The van der Waals surface area contributed by atoms with E-state index in [1.807, 2.05) is 60.7 Å². The van der Waals surface area contributed by atoms with Gasteiger partial charge < -0.3 is 30.8 Å². The number of nitrogens with one attached hydrogen (secondary N) is 1. The van der Waals surface area contributed by atoms with E-state index in [1.165, 1.54) is 4.90 Å². The molecule has 0 bridgehead atoms. The van der Waals surface area contributed by atoms with Gasteiger partial charge in [0.25, 0.3) is 0 Å². The molecule has 15 nitrogen and oxygen atoms in total. The normalized spacial score (nSPS) is 11.9. The lowest BCUT2D eigenvalue weighted by molar-refractivity contribution is -0.146. The summed E-state index contributed by atoms with van der Waals surface area (Å²) in [6.07, 6.45) is 0.882. The Morgan fingerprint density at radius 3 is 1.34 bits per heavy atom. The molecule has 0 fully saturated rings. The lowest BCUT2D eigenvalue weighted by Crippen LogP contribution is -2.50. The van der Waals surface area contributed by atoms with Crippen molar-refractivity contribution in [1.82, 2.24) is 20.0 Å². The second-order valence-electron chi connectivity index (χ2n) is 10.9. The first-order valence-corrected chi connectivity index (χ1v) is 15.0. The minimum absolute atomic E-state index is 0.0852. The number of carbonyl (C=O) groups excluding carboxylic acids is 1. The summed E-state index contributed by atoms with van der Waals surface area (Å²) in [7, 11) is 0. The van der Waals surface area contributed by atoms with Gasteiger partial charge in [0.1, 0.15) is 6.04 Å². The Balaban J connectivity index is 2.11. The minimum atomic E-state index is -1.27. The first-order chi connectivity index (χ1) is 22.4. The largest absolute Gasteiger partial charge is 0.480 e. The summed E-state index contributed by atoms with van der Waals surface area (Å²) in [5.74, 6) is -7.06. The van der Waals surface area contributed by atoms with E-state index in [4.69, 9.17) is 0 Å². The topological polar surface area (TPSA) is 225 Å². The van der Waals surface area contributed by atoms with E-state index in [0.29, 0.717) is 12.8 Å². The number of aliphatic carboxylic acids is 5. The highest BCUT2D eigenvalue weighted by atomic mass is 16.4. The fourth-order valence-electron chi connectivity index (χ4n) is 5.18. The van der Waals surface area contributed by atoms with Gasteiger partial charge in [-0.1, -0.05) is 60.7 Å². The second kappa shape index (κ2) is 20.3. The molecule has 0 spiro atoms. The van der Waals surface area contributed by atoms with Crippen LogP contribution in [0.15, 0.2) is 60.7 Å². The molecule has 0 aromatic heterocycles. The Hall–Kier alpha value is -4.86. The zero-order valence-electron chi connectivity index (χ0n) is 25.9. The summed E-state index contributed by atoms with van der Waals surface area (Å²) in [6, 6.07) is 17.4. The molecule has 0 radical (unpaired) electrons. The number of hydrogen-bond donors (Lipinski definition) is 6. The van der Waals surface area contributed by atoms with Crippen LogP contribution in [0.3, 0.4) is 0 Å². The molecule has 0 aliphatic heterocycles. The monoisotopic (exact) mass is 658 g/mol. The summed E-state index contributed by atoms with van der Waals surface area (Å²) in [4.78, 5) is 74.4. The lowest BCUT2D eigenvalue weighted by atomic mass is 9.90. The van der Waals surface area contributed by atoms with Crippen LogP contribution < -0.4 is 5.32 Å². The number of carboxylic acid groups (broad SMARTS) is 5. The third-order valence-electron chi connectivity index (χ3n) is 7.30. The molecule has 15 heteroatoms. The van der Waals surface area contributed by atoms with Gasteiger partial charge in [-0.15, -0.1) is 0 Å². The van der Waals surface area contributed by atoms with E-state index in [1.54, 1.807) is 0 Å². The van der Waals surface area contributed by atoms with Gasteiger partial charge in [0.05, 0.1) is 32.1 Å². The van der Waals surface area contributed by atoms with Crippen LogP contribution in [0.25, 0.3) is 0 Å². The number of amides is 1. The Labute approximate surface area is 272 Å². The second-order valence-corrected chi connectivity index (χ2v) is 10.9. The van der Waals surface area contributed by atoms with Crippen LogP contribution >= 0.6 is 0 Å². The smallest absolute Gasteiger partial charge is 0.320 e. The maximum atomic E-state index is 13.3. The summed E-state index contributed by atoms with van der Waals surface area (Å²) in [5, 5.41) is 49.8. The summed E-state index contributed by atoms with van der Waals surface area (Å²) >= 11 is 0. The van der Waals surface area contributed by atoms with Crippen LogP contribution in [0.5, 0.6) is 0 Å². The Bertz CT molecular complexity index is 1220.